The maximum atomic E-state index is 12.9. The molecule has 0 spiro atoms. The summed E-state index contributed by atoms with van der Waals surface area (Å²) in [5, 5.41) is 0. The molecule has 2 amide bonds. The largest absolute Gasteiger partial charge is 0.416 e. The van der Waals surface area contributed by atoms with E-state index in [1.165, 1.54) is 19.1 Å². The monoisotopic (exact) mass is 378 g/mol. The molecule has 0 atom stereocenters. The average Bonchev–Trinajstić information content (AvgIpc) is 2.64. The predicted molar refractivity (Wildman–Crippen MR) is 97.0 cm³/mol. The molecule has 7 heteroatoms. The van der Waals surface area contributed by atoms with Crippen molar-refractivity contribution in [3.63, 3.8) is 0 Å². The minimum atomic E-state index is -4.52. The molecule has 0 heterocycles. The van der Waals surface area contributed by atoms with Crippen LogP contribution in [-0.4, -0.2) is 29.8 Å². The van der Waals surface area contributed by atoms with Crippen molar-refractivity contribution in [3.8, 4) is 0 Å². The van der Waals surface area contributed by atoms with Crippen molar-refractivity contribution < 1.29 is 22.8 Å². The maximum absolute atomic E-state index is 12.9. The van der Waals surface area contributed by atoms with Gasteiger partial charge in [-0.3, -0.25) is 9.59 Å². The van der Waals surface area contributed by atoms with Gasteiger partial charge >= 0.3 is 6.18 Å². The number of anilines is 1. The summed E-state index contributed by atoms with van der Waals surface area (Å²) in [7, 11) is 0. The van der Waals surface area contributed by atoms with Crippen molar-refractivity contribution in [2.24, 2.45) is 0 Å². The number of likely N-dealkylation sites (N-methyl/N-ethyl adjacent to an activating group) is 1. The van der Waals surface area contributed by atoms with Crippen molar-refractivity contribution in [3.05, 3.63) is 65.7 Å². The van der Waals surface area contributed by atoms with E-state index in [1.54, 1.807) is 4.90 Å². The van der Waals surface area contributed by atoms with Crippen LogP contribution in [0, 0.1) is 0 Å². The molecule has 0 fully saturated rings. The Morgan fingerprint density at radius 2 is 1.67 bits per heavy atom. The van der Waals surface area contributed by atoms with Gasteiger partial charge in [0.05, 0.1) is 5.56 Å². The third-order valence-electron chi connectivity index (χ3n) is 4.11. The highest BCUT2D eigenvalue weighted by atomic mass is 19.4. The van der Waals surface area contributed by atoms with Crippen molar-refractivity contribution in [2.75, 3.05) is 18.0 Å². The number of halogens is 3. The fourth-order valence-electron chi connectivity index (χ4n) is 2.65. The summed E-state index contributed by atoms with van der Waals surface area (Å²) in [6, 6.07) is 13.8. The van der Waals surface area contributed by atoms with Crippen molar-refractivity contribution in [1.82, 2.24) is 4.90 Å². The zero-order valence-corrected chi connectivity index (χ0v) is 15.2. The van der Waals surface area contributed by atoms with Gasteiger partial charge in [0.2, 0.25) is 11.8 Å². The van der Waals surface area contributed by atoms with Crippen molar-refractivity contribution in [2.45, 2.75) is 26.6 Å². The van der Waals surface area contributed by atoms with Crippen molar-refractivity contribution >= 4 is 17.5 Å². The first kappa shape index (κ1) is 20.5. The number of hydrogen-bond acceptors (Lipinski definition) is 2. The molecule has 0 saturated carbocycles. The summed E-state index contributed by atoms with van der Waals surface area (Å²) >= 11 is 0. The van der Waals surface area contributed by atoms with Gasteiger partial charge in [0.15, 0.2) is 0 Å². The molecule has 2 rings (SSSR count). The minimum absolute atomic E-state index is 0.0430. The van der Waals surface area contributed by atoms with Crippen LogP contribution in [0.2, 0.25) is 0 Å². The summed E-state index contributed by atoms with van der Waals surface area (Å²) in [6.45, 7) is 3.49. The highest BCUT2D eigenvalue weighted by Gasteiger charge is 2.31. The van der Waals surface area contributed by atoms with E-state index < -0.39 is 17.6 Å². The lowest BCUT2D eigenvalue weighted by Crippen LogP contribution is -2.42. The highest BCUT2D eigenvalue weighted by molar-refractivity contribution is 5.97. The Morgan fingerprint density at radius 1 is 1.00 bits per heavy atom. The normalized spacial score (nSPS) is 11.1. The second-order valence-corrected chi connectivity index (χ2v) is 6.05. The Kier molecular flexibility index (Phi) is 6.60. The number of hydrogen-bond donors (Lipinski definition) is 0. The fourth-order valence-corrected chi connectivity index (χ4v) is 2.65. The molecule has 0 aliphatic rings. The van der Waals surface area contributed by atoms with Crippen LogP contribution in [-0.2, 0) is 22.3 Å². The SMILES string of the molecule is CCN(Cc1ccccc1)C(=O)CN(C(C)=O)c1cccc(C(F)(F)F)c1. The topological polar surface area (TPSA) is 40.6 Å². The fraction of sp³-hybridized carbons (Fsp3) is 0.300. The molecular weight excluding hydrogens is 357 g/mol. The number of amides is 2. The lowest BCUT2D eigenvalue weighted by Gasteiger charge is -2.26. The molecule has 0 aliphatic carbocycles. The molecule has 0 bridgehead atoms. The number of alkyl halides is 3. The lowest BCUT2D eigenvalue weighted by molar-refractivity contribution is -0.137. The zero-order valence-electron chi connectivity index (χ0n) is 15.2. The predicted octanol–water partition coefficient (Wildman–Crippen LogP) is 4.11. The molecule has 0 aromatic heterocycles. The van der Waals surface area contributed by atoms with Crippen LogP contribution in [0.15, 0.2) is 54.6 Å². The first-order valence-corrected chi connectivity index (χ1v) is 8.49. The van der Waals surface area contributed by atoms with Gasteiger partial charge in [-0.05, 0) is 30.7 Å². The van der Waals surface area contributed by atoms with Gasteiger partial charge in [0.1, 0.15) is 6.54 Å². The summed E-state index contributed by atoms with van der Waals surface area (Å²) in [6.07, 6.45) is -4.52. The minimum Gasteiger partial charge on any atom is -0.337 e. The number of carbonyl (C=O) groups excluding carboxylic acids is 2. The first-order chi connectivity index (χ1) is 12.7. The lowest BCUT2D eigenvalue weighted by atomic mass is 10.1. The van der Waals surface area contributed by atoms with E-state index in [0.29, 0.717) is 13.1 Å². The number of carbonyl (C=O) groups is 2. The van der Waals surface area contributed by atoms with Gasteiger partial charge in [-0.25, -0.2) is 0 Å². The van der Waals surface area contributed by atoms with E-state index in [4.69, 9.17) is 0 Å². The summed E-state index contributed by atoms with van der Waals surface area (Å²) in [5.41, 5.74) is 0.109. The molecule has 144 valence electrons. The smallest absolute Gasteiger partial charge is 0.337 e. The molecule has 27 heavy (non-hydrogen) atoms. The molecule has 0 N–H and O–H groups in total. The zero-order chi connectivity index (χ0) is 20.0. The summed E-state index contributed by atoms with van der Waals surface area (Å²) in [5.74, 6) is -0.840. The van der Waals surface area contributed by atoms with Crippen LogP contribution in [0.1, 0.15) is 25.0 Å². The van der Waals surface area contributed by atoms with Gasteiger partial charge < -0.3 is 9.80 Å². The van der Waals surface area contributed by atoms with E-state index >= 15 is 0 Å². The maximum Gasteiger partial charge on any atom is 0.416 e. The third kappa shape index (κ3) is 5.57. The number of rotatable bonds is 6. The number of benzene rings is 2. The summed E-state index contributed by atoms with van der Waals surface area (Å²) < 4.78 is 38.8. The van der Waals surface area contributed by atoms with Crippen LogP contribution >= 0.6 is 0 Å². The third-order valence-corrected chi connectivity index (χ3v) is 4.11. The van der Waals surface area contributed by atoms with Crippen LogP contribution in [0.3, 0.4) is 0 Å². The van der Waals surface area contributed by atoms with Gasteiger partial charge in [0, 0.05) is 25.7 Å². The van der Waals surface area contributed by atoms with Crippen LogP contribution in [0.4, 0.5) is 18.9 Å². The van der Waals surface area contributed by atoms with E-state index in [1.807, 2.05) is 37.3 Å². The van der Waals surface area contributed by atoms with Crippen molar-refractivity contribution in [1.29, 1.82) is 0 Å². The molecule has 0 saturated heterocycles. The Hall–Kier alpha value is -2.83. The first-order valence-electron chi connectivity index (χ1n) is 8.49. The van der Waals surface area contributed by atoms with Gasteiger partial charge in [-0.2, -0.15) is 13.2 Å². The molecule has 2 aromatic carbocycles. The quantitative estimate of drug-likeness (QED) is 0.759. The van der Waals surface area contributed by atoms with E-state index in [2.05, 4.69) is 0 Å². The second kappa shape index (κ2) is 8.70. The highest BCUT2D eigenvalue weighted by Crippen LogP contribution is 2.31. The molecular formula is C20H21F3N2O2. The van der Waals surface area contributed by atoms with Crippen LogP contribution in [0.25, 0.3) is 0 Å². The molecule has 0 aliphatic heterocycles. The van der Waals surface area contributed by atoms with E-state index in [9.17, 15) is 22.8 Å². The number of nitrogens with zero attached hydrogens (tertiary/aromatic N) is 2. The van der Waals surface area contributed by atoms with Crippen LogP contribution < -0.4 is 4.90 Å². The standard InChI is InChI=1S/C20H21F3N2O2/c1-3-24(13-16-8-5-4-6-9-16)19(27)14-25(15(2)26)18-11-7-10-17(12-18)20(21,22)23/h4-12H,3,13-14H2,1-2H3. The molecule has 0 unspecified atom stereocenters. The molecule has 4 nitrogen and oxygen atoms in total. The molecule has 2 aromatic rings. The Labute approximate surface area is 156 Å². The van der Waals surface area contributed by atoms with Gasteiger partial charge in [-0.1, -0.05) is 36.4 Å². The second-order valence-electron chi connectivity index (χ2n) is 6.05. The Bertz CT molecular complexity index is 791. The van der Waals surface area contributed by atoms with Gasteiger partial charge in [-0.15, -0.1) is 0 Å². The van der Waals surface area contributed by atoms with E-state index in [-0.39, 0.29) is 18.1 Å². The summed E-state index contributed by atoms with van der Waals surface area (Å²) in [4.78, 5) is 27.3. The Morgan fingerprint density at radius 3 is 2.22 bits per heavy atom. The van der Waals surface area contributed by atoms with Gasteiger partial charge in [0.25, 0.3) is 0 Å². The van der Waals surface area contributed by atoms with E-state index in [0.717, 1.165) is 22.6 Å². The Balaban J connectivity index is 2.20. The average molecular weight is 378 g/mol. The molecule has 0 radical (unpaired) electrons. The van der Waals surface area contributed by atoms with Crippen LogP contribution in [0.5, 0.6) is 0 Å².